The van der Waals surface area contributed by atoms with Crippen molar-refractivity contribution in [2.24, 2.45) is 17.8 Å². The van der Waals surface area contributed by atoms with Gasteiger partial charge in [0.25, 0.3) is 0 Å². The van der Waals surface area contributed by atoms with Crippen molar-refractivity contribution >= 4 is 0 Å². The fourth-order valence-electron chi connectivity index (χ4n) is 2.56. The third-order valence-electron chi connectivity index (χ3n) is 3.29. The number of hydrogen-bond acceptors (Lipinski definition) is 0. The highest BCUT2D eigenvalue weighted by molar-refractivity contribution is 4.75. The van der Waals surface area contributed by atoms with Gasteiger partial charge in [-0.15, -0.1) is 0 Å². The second kappa shape index (κ2) is 7.41. The second-order valence-electron chi connectivity index (χ2n) is 4.36. The van der Waals surface area contributed by atoms with Crippen molar-refractivity contribution < 1.29 is 0 Å². The fourth-order valence-corrected chi connectivity index (χ4v) is 2.56. The molecule has 0 amide bonds. The van der Waals surface area contributed by atoms with Crippen molar-refractivity contribution in [3.63, 3.8) is 0 Å². The molecule has 0 saturated heterocycles. The molecule has 80 valence electrons. The van der Waals surface area contributed by atoms with E-state index in [0.717, 1.165) is 17.8 Å². The van der Waals surface area contributed by atoms with Crippen molar-refractivity contribution in [3.8, 4) is 0 Å². The quantitative estimate of drug-likeness (QED) is 0.573. The van der Waals surface area contributed by atoms with Crippen LogP contribution < -0.4 is 0 Å². The van der Waals surface area contributed by atoms with Crippen molar-refractivity contribution in [3.05, 3.63) is 0 Å². The number of rotatable bonds is 2. The molecule has 0 aromatic heterocycles. The minimum atomic E-state index is 0.999. The first-order valence-electron chi connectivity index (χ1n) is 6.26. The lowest BCUT2D eigenvalue weighted by Gasteiger charge is -2.32. The van der Waals surface area contributed by atoms with Gasteiger partial charge in [-0.3, -0.25) is 0 Å². The first-order valence-corrected chi connectivity index (χ1v) is 6.26. The average Bonchev–Trinajstić information content (AvgIpc) is 2.20. The minimum Gasteiger partial charge on any atom is -0.0683 e. The van der Waals surface area contributed by atoms with Gasteiger partial charge in [0.2, 0.25) is 0 Å². The summed E-state index contributed by atoms with van der Waals surface area (Å²) in [6.45, 7) is 11.1. The standard InChI is InChI=1S/C11H22.C2H6/c1-4-10-6-9(3)7-11(5-2)8-10;1-2/h9-11H,4-8H2,1-3H3;1-2H3. The highest BCUT2D eigenvalue weighted by atomic mass is 14.3. The number of hydrogen-bond donors (Lipinski definition) is 0. The molecule has 1 rings (SSSR count). The molecule has 0 N–H and O–H groups in total. The molecule has 1 fully saturated rings. The van der Waals surface area contributed by atoms with Crippen LogP contribution in [0.5, 0.6) is 0 Å². The Bertz CT molecular complexity index is 94.6. The topological polar surface area (TPSA) is 0 Å². The van der Waals surface area contributed by atoms with Gasteiger partial charge < -0.3 is 0 Å². The van der Waals surface area contributed by atoms with E-state index in [9.17, 15) is 0 Å². The van der Waals surface area contributed by atoms with E-state index in [1.54, 1.807) is 0 Å². The van der Waals surface area contributed by atoms with Gasteiger partial charge in [-0.25, -0.2) is 0 Å². The van der Waals surface area contributed by atoms with Crippen molar-refractivity contribution in [2.45, 2.75) is 66.7 Å². The summed E-state index contributed by atoms with van der Waals surface area (Å²) in [5.41, 5.74) is 0. The zero-order valence-electron chi connectivity index (χ0n) is 10.3. The van der Waals surface area contributed by atoms with E-state index in [4.69, 9.17) is 0 Å². The van der Waals surface area contributed by atoms with E-state index in [-0.39, 0.29) is 0 Å². The second-order valence-corrected chi connectivity index (χ2v) is 4.36. The van der Waals surface area contributed by atoms with Gasteiger partial charge in [-0.05, 0) is 37.0 Å². The minimum absolute atomic E-state index is 0.999. The zero-order valence-corrected chi connectivity index (χ0v) is 10.3. The normalized spacial score (nSPS) is 33.5. The Labute approximate surface area is 85.1 Å². The SMILES string of the molecule is CC.CCC1CC(C)CC(CC)C1. The van der Waals surface area contributed by atoms with E-state index in [1.165, 1.54) is 32.1 Å². The Kier molecular flexibility index (Phi) is 7.41. The molecular weight excluding hydrogens is 156 g/mol. The predicted molar refractivity (Wildman–Crippen MR) is 61.9 cm³/mol. The molecule has 0 spiro atoms. The van der Waals surface area contributed by atoms with Crippen LogP contribution in [0.1, 0.15) is 66.7 Å². The van der Waals surface area contributed by atoms with Crippen LogP contribution in [0.15, 0.2) is 0 Å². The molecule has 1 saturated carbocycles. The molecule has 0 bridgehead atoms. The molecule has 0 heteroatoms. The lowest BCUT2D eigenvalue weighted by molar-refractivity contribution is 0.198. The maximum atomic E-state index is 2.42. The highest BCUT2D eigenvalue weighted by Crippen LogP contribution is 2.35. The average molecular weight is 184 g/mol. The van der Waals surface area contributed by atoms with Gasteiger partial charge in [0.05, 0.1) is 0 Å². The molecule has 0 heterocycles. The van der Waals surface area contributed by atoms with Crippen molar-refractivity contribution in [1.82, 2.24) is 0 Å². The van der Waals surface area contributed by atoms with Gasteiger partial charge >= 0.3 is 0 Å². The first-order chi connectivity index (χ1) is 6.26. The van der Waals surface area contributed by atoms with Gasteiger partial charge in [0.15, 0.2) is 0 Å². The molecular formula is C13H28. The summed E-state index contributed by atoms with van der Waals surface area (Å²) in [4.78, 5) is 0. The molecule has 0 nitrogen and oxygen atoms in total. The Hall–Kier alpha value is 0. The molecule has 1 aliphatic carbocycles. The first kappa shape index (κ1) is 13.0. The predicted octanol–water partition coefficient (Wildman–Crippen LogP) is 4.89. The van der Waals surface area contributed by atoms with Crippen LogP contribution in [0, 0.1) is 17.8 Å². The molecule has 0 aromatic carbocycles. The van der Waals surface area contributed by atoms with Crippen LogP contribution in [-0.4, -0.2) is 0 Å². The van der Waals surface area contributed by atoms with Crippen LogP contribution in [0.3, 0.4) is 0 Å². The van der Waals surface area contributed by atoms with Crippen molar-refractivity contribution in [1.29, 1.82) is 0 Å². The smallest absolute Gasteiger partial charge is 0.0412 e. The molecule has 0 aliphatic heterocycles. The molecule has 2 unspecified atom stereocenters. The summed E-state index contributed by atoms with van der Waals surface area (Å²) in [5, 5.41) is 0. The lowest BCUT2D eigenvalue weighted by atomic mass is 9.74. The van der Waals surface area contributed by atoms with Crippen LogP contribution in [0.25, 0.3) is 0 Å². The largest absolute Gasteiger partial charge is 0.0683 e. The summed E-state index contributed by atoms with van der Waals surface area (Å²) in [6.07, 6.45) is 7.30. The molecule has 0 aromatic rings. The molecule has 2 atom stereocenters. The van der Waals surface area contributed by atoms with Crippen LogP contribution in [0.2, 0.25) is 0 Å². The van der Waals surface area contributed by atoms with Crippen LogP contribution in [0.4, 0.5) is 0 Å². The molecule has 0 radical (unpaired) electrons. The van der Waals surface area contributed by atoms with E-state index < -0.39 is 0 Å². The van der Waals surface area contributed by atoms with Crippen molar-refractivity contribution in [2.75, 3.05) is 0 Å². The van der Waals surface area contributed by atoms with Gasteiger partial charge in [0.1, 0.15) is 0 Å². The summed E-state index contributed by atoms with van der Waals surface area (Å²) in [5.74, 6) is 3.09. The Balaban J connectivity index is 0.000000671. The van der Waals surface area contributed by atoms with Gasteiger partial charge in [-0.1, -0.05) is 47.5 Å². The highest BCUT2D eigenvalue weighted by Gasteiger charge is 2.23. The van der Waals surface area contributed by atoms with Crippen LogP contribution in [-0.2, 0) is 0 Å². The maximum absolute atomic E-state index is 2.42. The van der Waals surface area contributed by atoms with E-state index >= 15 is 0 Å². The monoisotopic (exact) mass is 184 g/mol. The third kappa shape index (κ3) is 4.69. The van der Waals surface area contributed by atoms with Crippen LogP contribution >= 0.6 is 0 Å². The molecule has 13 heavy (non-hydrogen) atoms. The maximum Gasteiger partial charge on any atom is -0.0412 e. The molecule has 1 aliphatic rings. The Morgan fingerprint density at radius 3 is 1.54 bits per heavy atom. The third-order valence-corrected chi connectivity index (χ3v) is 3.29. The summed E-state index contributed by atoms with van der Waals surface area (Å²) >= 11 is 0. The van der Waals surface area contributed by atoms with E-state index in [0.29, 0.717) is 0 Å². The van der Waals surface area contributed by atoms with Gasteiger partial charge in [0, 0.05) is 0 Å². The Morgan fingerprint density at radius 2 is 1.23 bits per heavy atom. The van der Waals surface area contributed by atoms with Gasteiger partial charge in [-0.2, -0.15) is 0 Å². The summed E-state index contributed by atoms with van der Waals surface area (Å²) in [6, 6.07) is 0. The van der Waals surface area contributed by atoms with E-state index in [1.807, 2.05) is 13.8 Å². The summed E-state index contributed by atoms with van der Waals surface area (Å²) < 4.78 is 0. The Morgan fingerprint density at radius 1 is 0.846 bits per heavy atom. The lowest BCUT2D eigenvalue weighted by Crippen LogP contribution is -2.20. The zero-order chi connectivity index (χ0) is 10.3. The fraction of sp³-hybridized carbons (Fsp3) is 1.00. The summed E-state index contributed by atoms with van der Waals surface area (Å²) in [7, 11) is 0. The van der Waals surface area contributed by atoms with E-state index in [2.05, 4.69) is 20.8 Å².